The highest BCUT2D eigenvalue weighted by Crippen LogP contribution is 2.12. The molecule has 0 bridgehead atoms. The largest absolute Gasteiger partial charge is 0.454 e. The van der Waals surface area contributed by atoms with Crippen LogP contribution in [-0.2, 0) is 26.6 Å². The highest BCUT2D eigenvalue weighted by Gasteiger charge is 2.14. The van der Waals surface area contributed by atoms with E-state index in [2.05, 4.69) is 17.4 Å². The van der Waals surface area contributed by atoms with Crippen LogP contribution in [0.25, 0.3) is 11.1 Å². The van der Waals surface area contributed by atoms with Gasteiger partial charge in [-0.3, -0.25) is 14.2 Å². The van der Waals surface area contributed by atoms with E-state index in [4.69, 9.17) is 9.15 Å². The topological polar surface area (TPSA) is 90.5 Å². The molecule has 0 unspecified atom stereocenters. The molecule has 146 valence electrons. The second-order valence-electron chi connectivity index (χ2n) is 5.97. The molecule has 1 amide bonds. The summed E-state index contributed by atoms with van der Waals surface area (Å²) in [7, 11) is 0. The van der Waals surface area contributed by atoms with Crippen LogP contribution in [0.3, 0.4) is 0 Å². The number of oxazole rings is 1. The van der Waals surface area contributed by atoms with Gasteiger partial charge < -0.3 is 14.5 Å². The van der Waals surface area contributed by atoms with Crippen molar-refractivity contribution in [2.24, 2.45) is 0 Å². The van der Waals surface area contributed by atoms with E-state index < -0.39 is 11.7 Å². The number of carbonyl (C=O) groups excluding carboxylic acids is 2. The molecule has 1 N–H and O–H groups in total. The first kappa shape index (κ1) is 19.8. The van der Waals surface area contributed by atoms with Crippen molar-refractivity contribution in [3.8, 4) is 0 Å². The molecule has 0 aliphatic rings. The summed E-state index contributed by atoms with van der Waals surface area (Å²) >= 11 is 1.71. The molecule has 3 aromatic rings. The number of aromatic nitrogens is 1. The minimum atomic E-state index is -0.678. The van der Waals surface area contributed by atoms with Crippen LogP contribution in [0.1, 0.15) is 5.56 Å². The van der Waals surface area contributed by atoms with Gasteiger partial charge in [-0.2, -0.15) is 11.8 Å². The van der Waals surface area contributed by atoms with Gasteiger partial charge in [0.05, 0.1) is 5.52 Å². The molecule has 0 spiro atoms. The lowest BCUT2D eigenvalue weighted by molar-refractivity contribution is -0.149. The van der Waals surface area contributed by atoms with Crippen LogP contribution < -0.4 is 11.1 Å². The Labute approximate surface area is 165 Å². The van der Waals surface area contributed by atoms with Gasteiger partial charge in [0.2, 0.25) is 0 Å². The Morgan fingerprint density at radius 2 is 1.82 bits per heavy atom. The number of esters is 1. The molecular weight excluding hydrogens is 380 g/mol. The maximum absolute atomic E-state index is 11.9. The number of hydrogen-bond acceptors (Lipinski definition) is 6. The van der Waals surface area contributed by atoms with Crippen molar-refractivity contribution in [1.82, 2.24) is 9.88 Å². The SMILES string of the molecule is O=C(COC(=O)Cn1c(=O)oc2ccccc21)NCCSCc1ccccc1. The molecular formula is C20H20N2O5S. The smallest absolute Gasteiger partial charge is 0.420 e. The number of para-hydroxylation sites is 2. The Morgan fingerprint density at radius 3 is 2.64 bits per heavy atom. The molecule has 1 heterocycles. The molecule has 0 atom stereocenters. The molecule has 0 saturated heterocycles. The summed E-state index contributed by atoms with van der Waals surface area (Å²) in [6.45, 7) is -0.206. The second-order valence-corrected chi connectivity index (χ2v) is 7.08. The molecule has 0 fully saturated rings. The number of amides is 1. The summed E-state index contributed by atoms with van der Waals surface area (Å²) in [6, 6.07) is 16.9. The van der Waals surface area contributed by atoms with E-state index >= 15 is 0 Å². The minimum Gasteiger partial charge on any atom is -0.454 e. The maximum atomic E-state index is 11.9. The Kier molecular flexibility index (Phi) is 6.91. The zero-order valence-corrected chi connectivity index (χ0v) is 15.9. The number of nitrogens with zero attached hydrogens (tertiary/aromatic N) is 1. The third-order valence-corrected chi connectivity index (χ3v) is 4.94. The first-order valence-electron chi connectivity index (χ1n) is 8.76. The molecule has 8 heteroatoms. The van der Waals surface area contributed by atoms with Crippen molar-refractivity contribution in [3.05, 3.63) is 70.7 Å². The van der Waals surface area contributed by atoms with Crippen molar-refractivity contribution in [2.45, 2.75) is 12.3 Å². The zero-order valence-electron chi connectivity index (χ0n) is 15.1. The first-order valence-corrected chi connectivity index (χ1v) is 9.91. The van der Waals surface area contributed by atoms with Gasteiger partial charge in [0.25, 0.3) is 5.91 Å². The van der Waals surface area contributed by atoms with Crippen LogP contribution in [0.15, 0.2) is 63.8 Å². The number of benzene rings is 2. The maximum Gasteiger partial charge on any atom is 0.420 e. The summed E-state index contributed by atoms with van der Waals surface area (Å²) < 4.78 is 11.2. The van der Waals surface area contributed by atoms with Gasteiger partial charge >= 0.3 is 11.7 Å². The molecule has 0 saturated carbocycles. The Hall–Kier alpha value is -3.00. The second kappa shape index (κ2) is 9.80. The quantitative estimate of drug-likeness (QED) is 0.437. The van der Waals surface area contributed by atoms with Crippen LogP contribution >= 0.6 is 11.8 Å². The lowest BCUT2D eigenvalue weighted by Crippen LogP contribution is -2.31. The van der Waals surface area contributed by atoms with Crippen LogP contribution in [0.2, 0.25) is 0 Å². The van der Waals surface area contributed by atoms with E-state index in [1.807, 2.05) is 18.2 Å². The number of nitrogens with one attached hydrogen (secondary N) is 1. The fourth-order valence-electron chi connectivity index (χ4n) is 2.56. The molecule has 1 aromatic heterocycles. The van der Waals surface area contributed by atoms with Crippen molar-refractivity contribution >= 4 is 34.7 Å². The van der Waals surface area contributed by atoms with E-state index in [0.29, 0.717) is 17.6 Å². The summed E-state index contributed by atoms with van der Waals surface area (Å²) in [5, 5.41) is 2.70. The summed E-state index contributed by atoms with van der Waals surface area (Å²) in [4.78, 5) is 35.5. The number of ether oxygens (including phenoxy) is 1. The van der Waals surface area contributed by atoms with Gasteiger partial charge in [0, 0.05) is 18.1 Å². The molecule has 0 aliphatic heterocycles. The third-order valence-electron chi connectivity index (χ3n) is 3.91. The van der Waals surface area contributed by atoms with Crippen LogP contribution in [0, 0.1) is 0 Å². The van der Waals surface area contributed by atoms with Crippen molar-refractivity contribution < 1.29 is 18.7 Å². The summed E-state index contributed by atoms with van der Waals surface area (Å²) in [6.07, 6.45) is 0. The number of fused-ring (bicyclic) bond motifs is 1. The fraction of sp³-hybridized carbons (Fsp3) is 0.250. The van der Waals surface area contributed by atoms with Crippen molar-refractivity contribution in [1.29, 1.82) is 0 Å². The highest BCUT2D eigenvalue weighted by atomic mass is 32.2. The Bertz CT molecular complexity index is 997. The number of carbonyl (C=O) groups is 2. The molecule has 0 aliphatic carbocycles. The van der Waals surface area contributed by atoms with E-state index in [1.54, 1.807) is 36.0 Å². The van der Waals surface area contributed by atoms with Gasteiger partial charge in [-0.15, -0.1) is 0 Å². The van der Waals surface area contributed by atoms with Crippen LogP contribution in [0.5, 0.6) is 0 Å². The van der Waals surface area contributed by atoms with Crippen LogP contribution in [-0.4, -0.2) is 35.3 Å². The van der Waals surface area contributed by atoms with E-state index in [-0.39, 0.29) is 19.1 Å². The molecule has 7 nitrogen and oxygen atoms in total. The predicted octanol–water partition coefficient (Wildman–Crippen LogP) is 2.19. The number of hydrogen-bond donors (Lipinski definition) is 1. The Balaban J connectivity index is 1.35. The molecule has 28 heavy (non-hydrogen) atoms. The standard InChI is InChI=1S/C20H20N2O5S/c23-18(21-10-11-28-14-15-6-2-1-3-7-15)13-26-19(24)12-22-16-8-4-5-9-17(16)27-20(22)25/h1-9H,10-14H2,(H,21,23). The van der Waals surface area contributed by atoms with Gasteiger partial charge in [-0.1, -0.05) is 42.5 Å². The summed E-state index contributed by atoms with van der Waals surface area (Å²) in [5.41, 5.74) is 2.13. The average Bonchev–Trinajstić information content (AvgIpc) is 3.02. The zero-order chi connectivity index (χ0) is 19.8. The third kappa shape index (κ3) is 5.50. The van der Waals surface area contributed by atoms with Crippen LogP contribution in [0.4, 0.5) is 0 Å². The number of rotatable bonds is 9. The van der Waals surface area contributed by atoms with E-state index in [0.717, 1.165) is 11.5 Å². The van der Waals surface area contributed by atoms with Crippen molar-refractivity contribution in [3.63, 3.8) is 0 Å². The minimum absolute atomic E-state index is 0.309. The van der Waals surface area contributed by atoms with Gasteiger partial charge in [-0.25, -0.2) is 4.79 Å². The predicted molar refractivity (Wildman–Crippen MR) is 107 cm³/mol. The monoisotopic (exact) mass is 400 g/mol. The normalized spacial score (nSPS) is 10.7. The Morgan fingerprint density at radius 1 is 1.07 bits per heavy atom. The average molecular weight is 400 g/mol. The van der Waals surface area contributed by atoms with E-state index in [9.17, 15) is 14.4 Å². The first-order chi connectivity index (χ1) is 13.6. The lowest BCUT2D eigenvalue weighted by atomic mass is 10.2. The van der Waals surface area contributed by atoms with Crippen molar-refractivity contribution in [2.75, 3.05) is 18.9 Å². The molecule has 2 aromatic carbocycles. The molecule has 3 rings (SSSR count). The molecule has 0 radical (unpaired) electrons. The summed E-state index contributed by atoms with van der Waals surface area (Å²) in [5.74, 6) is -0.0669. The lowest BCUT2D eigenvalue weighted by Gasteiger charge is -2.07. The highest BCUT2D eigenvalue weighted by molar-refractivity contribution is 7.98. The van der Waals surface area contributed by atoms with Gasteiger partial charge in [0.1, 0.15) is 6.54 Å². The fourth-order valence-corrected chi connectivity index (χ4v) is 3.38. The van der Waals surface area contributed by atoms with Gasteiger partial charge in [-0.05, 0) is 17.7 Å². The van der Waals surface area contributed by atoms with Gasteiger partial charge in [0.15, 0.2) is 12.2 Å². The van der Waals surface area contributed by atoms with E-state index in [1.165, 1.54) is 10.1 Å². The number of thioether (sulfide) groups is 1.